The fourth-order valence-electron chi connectivity index (χ4n) is 3.41. The van der Waals surface area contributed by atoms with E-state index < -0.39 is 0 Å². The molecule has 1 aliphatic rings. The van der Waals surface area contributed by atoms with Gasteiger partial charge in [-0.2, -0.15) is 0 Å². The Hall–Kier alpha value is -2.40. The van der Waals surface area contributed by atoms with E-state index in [1.54, 1.807) is 6.20 Å². The summed E-state index contributed by atoms with van der Waals surface area (Å²) in [4.78, 5) is 18.6. The summed E-state index contributed by atoms with van der Waals surface area (Å²) in [6.45, 7) is 8.25. The first-order valence-electron chi connectivity index (χ1n) is 9.17. The maximum Gasteiger partial charge on any atom is 0.238 e. The fraction of sp³-hybridized carbons (Fsp3) is 0.429. The van der Waals surface area contributed by atoms with Crippen molar-refractivity contribution in [1.29, 1.82) is 0 Å². The molecule has 1 aromatic heterocycles. The average Bonchev–Trinajstić information content (AvgIpc) is 2.57. The summed E-state index contributed by atoms with van der Waals surface area (Å²) in [5.74, 6) is 0.949. The van der Waals surface area contributed by atoms with Crippen molar-refractivity contribution in [3.63, 3.8) is 0 Å². The molecule has 26 heavy (non-hydrogen) atoms. The lowest BCUT2D eigenvalue weighted by atomic mass is 10.1. The number of ether oxygens (including phenoxy) is 1. The molecule has 2 aromatic rings. The van der Waals surface area contributed by atoms with Crippen molar-refractivity contribution >= 4 is 11.6 Å². The van der Waals surface area contributed by atoms with Crippen LogP contribution in [0.1, 0.15) is 29.5 Å². The van der Waals surface area contributed by atoms with Gasteiger partial charge in [0.25, 0.3) is 0 Å². The minimum Gasteiger partial charge on any atom is -0.490 e. The average molecular weight is 353 g/mol. The number of pyridine rings is 1. The number of aromatic nitrogens is 1. The second-order valence-electron chi connectivity index (χ2n) is 7.16. The maximum absolute atomic E-state index is 12.3. The van der Waals surface area contributed by atoms with Crippen LogP contribution in [0.15, 0.2) is 36.7 Å². The Labute approximate surface area is 155 Å². The first kappa shape index (κ1) is 18.4. The zero-order valence-electron chi connectivity index (χ0n) is 15.8. The van der Waals surface area contributed by atoms with Crippen molar-refractivity contribution in [3.8, 4) is 5.75 Å². The van der Waals surface area contributed by atoms with Crippen LogP contribution >= 0.6 is 0 Å². The Bertz CT molecular complexity index is 747. The largest absolute Gasteiger partial charge is 0.490 e. The third-order valence-corrected chi connectivity index (χ3v) is 4.67. The number of nitrogens with zero attached hydrogens (tertiary/aromatic N) is 2. The fourth-order valence-corrected chi connectivity index (χ4v) is 3.41. The monoisotopic (exact) mass is 353 g/mol. The van der Waals surface area contributed by atoms with Crippen LogP contribution in [-0.4, -0.2) is 41.5 Å². The third-order valence-electron chi connectivity index (χ3n) is 4.67. The lowest BCUT2D eigenvalue weighted by molar-refractivity contribution is -0.117. The molecular formula is C21H27N3O2. The number of hydrogen-bond acceptors (Lipinski definition) is 4. The van der Waals surface area contributed by atoms with Gasteiger partial charge in [-0.05, 0) is 62.9 Å². The Kier molecular flexibility index (Phi) is 5.89. The Morgan fingerprint density at radius 3 is 2.54 bits per heavy atom. The normalized spacial score (nSPS) is 15.7. The van der Waals surface area contributed by atoms with Crippen LogP contribution in [0.4, 0.5) is 5.69 Å². The van der Waals surface area contributed by atoms with Gasteiger partial charge in [-0.15, -0.1) is 0 Å². The van der Waals surface area contributed by atoms with Gasteiger partial charge < -0.3 is 10.1 Å². The molecular weight excluding hydrogens is 326 g/mol. The van der Waals surface area contributed by atoms with Gasteiger partial charge in [0, 0.05) is 36.7 Å². The molecule has 3 rings (SSSR count). The van der Waals surface area contributed by atoms with Crippen molar-refractivity contribution in [2.75, 3.05) is 25.0 Å². The molecule has 5 heteroatoms. The molecule has 0 radical (unpaired) electrons. The van der Waals surface area contributed by atoms with E-state index >= 15 is 0 Å². The van der Waals surface area contributed by atoms with E-state index in [-0.39, 0.29) is 12.0 Å². The van der Waals surface area contributed by atoms with Crippen molar-refractivity contribution in [2.45, 2.75) is 39.7 Å². The van der Waals surface area contributed by atoms with E-state index in [2.05, 4.69) is 21.3 Å². The Morgan fingerprint density at radius 2 is 1.88 bits per heavy atom. The predicted octanol–water partition coefficient (Wildman–Crippen LogP) is 3.49. The number of aryl methyl sites for hydroxylation is 3. The van der Waals surface area contributed by atoms with E-state index in [9.17, 15) is 4.79 Å². The van der Waals surface area contributed by atoms with Gasteiger partial charge in [0.15, 0.2) is 0 Å². The molecule has 1 N–H and O–H groups in total. The minimum atomic E-state index is 0.0411. The van der Waals surface area contributed by atoms with Crippen LogP contribution in [0.25, 0.3) is 0 Å². The lowest BCUT2D eigenvalue weighted by Gasteiger charge is -2.31. The quantitative estimate of drug-likeness (QED) is 0.894. The molecule has 0 aliphatic carbocycles. The van der Waals surface area contributed by atoms with Crippen LogP contribution in [0.3, 0.4) is 0 Å². The van der Waals surface area contributed by atoms with Crippen LogP contribution in [-0.2, 0) is 4.79 Å². The molecule has 1 fully saturated rings. The number of piperidine rings is 1. The third kappa shape index (κ3) is 5.05. The van der Waals surface area contributed by atoms with Gasteiger partial charge >= 0.3 is 0 Å². The molecule has 1 aromatic carbocycles. The zero-order valence-corrected chi connectivity index (χ0v) is 15.8. The SMILES string of the molecule is Cc1cc(C)cc(NC(=O)CN2CCC(Oc3ccncc3C)CC2)c1. The number of benzene rings is 1. The van der Waals surface area contributed by atoms with E-state index in [1.165, 1.54) is 0 Å². The summed E-state index contributed by atoms with van der Waals surface area (Å²) in [7, 11) is 0. The smallest absolute Gasteiger partial charge is 0.238 e. The highest BCUT2D eigenvalue weighted by molar-refractivity contribution is 5.92. The highest BCUT2D eigenvalue weighted by Crippen LogP contribution is 2.21. The number of carbonyl (C=O) groups is 1. The summed E-state index contributed by atoms with van der Waals surface area (Å²) < 4.78 is 6.09. The molecule has 2 heterocycles. The van der Waals surface area contributed by atoms with Gasteiger partial charge in [0.05, 0.1) is 6.54 Å². The molecule has 1 amide bonds. The number of hydrogen-bond donors (Lipinski definition) is 1. The number of likely N-dealkylation sites (tertiary alicyclic amines) is 1. The number of anilines is 1. The van der Waals surface area contributed by atoms with Gasteiger partial charge in [0.1, 0.15) is 11.9 Å². The number of carbonyl (C=O) groups excluding carboxylic acids is 1. The minimum absolute atomic E-state index is 0.0411. The molecule has 1 saturated heterocycles. The number of rotatable bonds is 5. The second-order valence-corrected chi connectivity index (χ2v) is 7.16. The summed E-state index contributed by atoms with van der Waals surface area (Å²) in [6, 6.07) is 8.02. The van der Waals surface area contributed by atoms with Gasteiger partial charge in [-0.1, -0.05) is 6.07 Å². The van der Waals surface area contributed by atoms with Crippen LogP contribution in [0.5, 0.6) is 5.75 Å². The van der Waals surface area contributed by atoms with Gasteiger partial charge in [-0.25, -0.2) is 0 Å². The van der Waals surface area contributed by atoms with Crippen LogP contribution < -0.4 is 10.1 Å². The molecule has 138 valence electrons. The topological polar surface area (TPSA) is 54.5 Å². The summed E-state index contributed by atoms with van der Waals surface area (Å²) in [6.07, 6.45) is 5.64. The van der Waals surface area contributed by atoms with Crippen molar-refractivity contribution in [2.24, 2.45) is 0 Å². The molecule has 0 unspecified atom stereocenters. The molecule has 0 atom stereocenters. The summed E-state index contributed by atoms with van der Waals surface area (Å²) in [5.41, 5.74) is 4.25. The van der Waals surface area contributed by atoms with E-state index in [4.69, 9.17) is 4.74 Å². The van der Waals surface area contributed by atoms with Gasteiger partial charge in [-0.3, -0.25) is 14.7 Å². The van der Waals surface area contributed by atoms with E-state index in [1.807, 2.05) is 45.2 Å². The molecule has 0 bridgehead atoms. The van der Waals surface area contributed by atoms with E-state index in [0.717, 1.165) is 54.1 Å². The second kappa shape index (κ2) is 8.32. The Balaban J connectivity index is 1.46. The van der Waals surface area contributed by atoms with Crippen LogP contribution in [0, 0.1) is 20.8 Å². The first-order chi connectivity index (χ1) is 12.5. The van der Waals surface area contributed by atoms with Crippen molar-refractivity contribution in [3.05, 3.63) is 53.3 Å². The number of amides is 1. The summed E-state index contributed by atoms with van der Waals surface area (Å²) in [5, 5.41) is 3.01. The van der Waals surface area contributed by atoms with Crippen molar-refractivity contribution in [1.82, 2.24) is 9.88 Å². The highest BCUT2D eigenvalue weighted by Gasteiger charge is 2.22. The molecule has 5 nitrogen and oxygen atoms in total. The number of nitrogens with one attached hydrogen (secondary N) is 1. The highest BCUT2D eigenvalue weighted by atomic mass is 16.5. The predicted molar refractivity (Wildman–Crippen MR) is 104 cm³/mol. The first-order valence-corrected chi connectivity index (χ1v) is 9.17. The Morgan fingerprint density at radius 1 is 1.19 bits per heavy atom. The summed E-state index contributed by atoms with van der Waals surface area (Å²) >= 11 is 0. The standard InChI is InChI=1S/C21H27N3O2/c1-15-10-16(2)12-18(11-15)23-21(25)14-24-8-5-19(6-9-24)26-20-4-7-22-13-17(20)3/h4,7,10-13,19H,5-6,8-9,14H2,1-3H3,(H,23,25). The van der Waals surface area contributed by atoms with Crippen LogP contribution in [0.2, 0.25) is 0 Å². The molecule has 0 saturated carbocycles. The molecule has 1 aliphatic heterocycles. The maximum atomic E-state index is 12.3. The van der Waals surface area contributed by atoms with E-state index in [0.29, 0.717) is 6.54 Å². The lowest BCUT2D eigenvalue weighted by Crippen LogP contribution is -2.42. The zero-order chi connectivity index (χ0) is 18.5. The van der Waals surface area contributed by atoms with Gasteiger partial charge in [0.2, 0.25) is 5.91 Å². The van der Waals surface area contributed by atoms with Crippen molar-refractivity contribution < 1.29 is 9.53 Å². The molecule has 0 spiro atoms.